The Kier molecular flexibility index (Phi) is 17.6. The number of aliphatic hydroxyl groups excluding tert-OH is 1. The van der Waals surface area contributed by atoms with Gasteiger partial charge in [0.15, 0.2) is 0 Å². The number of benzene rings is 1. The maximum atomic E-state index is 12.6. The predicted molar refractivity (Wildman–Crippen MR) is 164 cm³/mol. The van der Waals surface area contributed by atoms with Gasteiger partial charge in [0, 0.05) is 12.6 Å². The van der Waals surface area contributed by atoms with Crippen LogP contribution in [0.2, 0.25) is 0 Å². The summed E-state index contributed by atoms with van der Waals surface area (Å²) >= 11 is 0. The first-order valence-corrected chi connectivity index (χ1v) is 17.2. The number of rotatable bonds is 23. The first kappa shape index (κ1) is 34.9. The van der Waals surface area contributed by atoms with E-state index in [-0.39, 0.29) is 12.3 Å². The molecular weight excluding hydrogens is 539 g/mol. The largest absolute Gasteiger partial charge is 0.487 e. The van der Waals surface area contributed by atoms with E-state index in [4.69, 9.17) is 4.74 Å². The molecule has 2 rings (SSSR count). The smallest absolute Gasteiger partial charge is 0.328 e. The molecule has 1 amide bonds. The van der Waals surface area contributed by atoms with E-state index in [0.717, 1.165) is 30.5 Å². The number of hydrogen-bond donors (Lipinski definition) is 4. The molecule has 0 saturated carbocycles. The van der Waals surface area contributed by atoms with Crippen molar-refractivity contribution in [3.63, 3.8) is 0 Å². The molecule has 0 radical (unpaired) electrons. The molecule has 230 valence electrons. The number of amides is 1. The van der Waals surface area contributed by atoms with Gasteiger partial charge in [-0.15, -0.1) is 0 Å². The van der Waals surface area contributed by atoms with Gasteiger partial charge in [0.1, 0.15) is 12.4 Å². The van der Waals surface area contributed by atoms with Crippen molar-refractivity contribution in [2.45, 2.75) is 122 Å². The Labute approximate surface area is 246 Å². The third-order valence-electron chi connectivity index (χ3n) is 7.23. The molecule has 8 nitrogen and oxygen atoms in total. The summed E-state index contributed by atoms with van der Waals surface area (Å²) in [5.74, 6) is 0.441. The Balaban J connectivity index is 1.71. The SMILES string of the molecule is CCCCCCCCCCCCCCCC(=O)N[C@@H](Cc1ccc(OCc2ccccn2)cc1)C(O)CP(=O)(O)O. The molecule has 4 N–H and O–H groups in total. The van der Waals surface area contributed by atoms with Crippen molar-refractivity contribution >= 4 is 13.5 Å². The molecule has 0 fully saturated rings. The standard InChI is InChI=1S/C32H51N2O6P/c1-2-3-4-5-6-7-8-9-10-11-12-13-14-18-32(36)34-30(31(35)26-41(37,38)39)24-27-19-21-29(22-20-27)40-25-28-17-15-16-23-33-28/h15-17,19-23,30-31,35H,2-14,18,24-26H2,1H3,(H,34,36)(H2,37,38,39)/t30-,31?/m0/s1. The second kappa shape index (κ2) is 20.6. The Morgan fingerprint density at radius 2 is 1.46 bits per heavy atom. The topological polar surface area (TPSA) is 129 Å². The molecule has 2 aromatic rings. The van der Waals surface area contributed by atoms with Crippen LogP contribution in [-0.4, -0.2) is 44.1 Å². The van der Waals surface area contributed by atoms with Gasteiger partial charge in [0.25, 0.3) is 0 Å². The molecule has 1 aromatic heterocycles. The van der Waals surface area contributed by atoms with Crippen molar-refractivity contribution in [1.29, 1.82) is 0 Å². The Bertz CT molecular complexity index is 999. The number of unbranched alkanes of at least 4 members (excludes halogenated alkanes) is 12. The number of carbonyl (C=O) groups excluding carboxylic acids is 1. The van der Waals surface area contributed by atoms with E-state index >= 15 is 0 Å². The van der Waals surface area contributed by atoms with Gasteiger partial charge in [-0.25, -0.2) is 0 Å². The summed E-state index contributed by atoms with van der Waals surface area (Å²) < 4.78 is 17.3. The summed E-state index contributed by atoms with van der Waals surface area (Å²) in [6.45, 7) is 2.58. The van der Waals surface area contributed by atoms with E-state index < -0.39 is 25.9 Å². The normalized spacial score (nSPS) is 13.1. The van der Waals surface area contributed by atoms with Crippen molar-refractivity contribution < 1.29 is 29.0 Å². The van der Waals surface area contributed by atoms with Crippen LogP contribution in [0.1, 0.15) is 108 Å². The zero-order chi connectivity index (χ0) is 29.8. The lowest BCUT2D eigenvalue weighted by molar-refractivity contribution is -0.122. The van der Waals surface area contributed by atoms with Crippen LogP contribution in [0.5, 0.6) is 5.75 Å². The fraction of sp³-hybridized carbons (Fsp3) is 0.625. The molecule has 2 atom stereocenters. The highest BCUT2D eigenvalue weighted by atomic mass is 31.2. The van der Waals surface area contributed by atoms with Crippen LogP contribution >= 0.6 is 7.60 Å². The average molecular weight is 591 g/mol. The molecule has 1 unspecified atom stereocenters. The lowest BCUT2D eigenvalue weighted by atomic mass is 10.0. The average Bonchev–Trinajstić information content (AvgIpc) is 2.94. The molecule has 0 bridgehead atoms. The molecule has 0 aliphatic carbocycles. The van der Waals surface area contributed by atoms with Gasteiger partial charge < -0.3 is 24.9 Å². The molecule has 41 heavy (non-hydrogen) atoms. The summed E-state index contributed by atoms with van der Waals surface area (Å²) in [6.07, 6.45) is 16.1. The van der Waals surface area contributed by atoms with Crippen molar-refractivity contribution in [3.05, 3.63) is 59.9 Å². The van der Waals surface area contributed by atoms with Crippen LogP contribution in [0.15, 0.2) is 48.7 Å². The summed E-state index contributed by atoms with van der Waals surface area (Å²) in [6, 6.07) is 12.0. The fourth-order valence-corrected chi connectivity index (χ4v) is 5.59. The summed E-state index contributed by atoms with van der Waals surface area (Å²) in [7, 11) is -4.45. The van der Waals surface area contributed by atoms with Crippen LogP contribution in [0.4, 0.5) is 0 Å². The first-order valence-electron chi connectivity index (χ1n) is 15.4. The van der Waals surface area contributed by atoms with Gasteiger partial charge >= 0.3 is 7.60 Å². The molecule has 0 aliphatic rings. The molecular formula is C32H51N2O6P. The van der Waals surface area contributed by atoms with Gasteiger partial charge in [0.2, 0.25) is 5.91 Å². The van der Waals surface area contributed by atoms with Gasteiger partial charge in [-0.2, -0.15) is 0 Å². The van der Waals surface area contributed by atoms with Gasteiger partial charge in [-0.3, -0.25) is 14.3 Å². The van der Waals surface area contributed by atoms with Gasteiger partial charge in [-0.1, -0.05) is 102 Å². The third-order valence-corrected chi connectivity index (χ3v) is 8.08. The molecule has 1 aromatic carbocycles. The Morgan fingerprint density at radius 3 is 2.00 bits per heavy atom. The number of aromatic nitrogens is 1. The number of ether oxygens (including phenoxy) is 1. The first-order chi connectivity index (χ1) is 19.8. The predicted octanol–water partition coefficient (Wildman–Crippen LogP) is 6.71. The van der Waals surface area contributed by atoms with E-state index in [1.54, 1.807) is 18.3 Å². The quantitative estimate of drug-likeness (QED) is 0.0836. The highest BCUT2D eigenvalue weighted by Gasteiger charge is 2.28. The minimum Gasteiger partial charge on any atom is -0.487 e. The zero-order valence-corrected chi connectivity index (χ0v) is 25.6. The summed E-state index contributed by atoms with van der Waals surface area (Å²) in [5.41, 5.74) is 1.62. The number of carbonyl (C=O) groups is 1. The van der Waals surface area contributed by atoms with E-state index in [1.165, 1.54) is 64.2 Å². The minimum absolute atomic E-state index is 0.210. The number of hydrogen-bond acceptors (Lipinski definition) is 5. The highest BCUT2D eigenvalue weighted by molar-refractivity contribution is 7.51. The molecule has 0 spiro atoms. The molecule has 1 heterocycles. The molecule has 9 heteroatoms. The van der Waals surface area contributed by atoms with Crippen molar-refractivity contribution in [1.82, 2.24) is 10.3 Å². The Morgan fingerprint density at radius 1 is 0.878 bits per heavy atom. The molecule has 0 saturated heterocycles. The minimum atomic E-state index is -4.45. The van der Waals surface area contributed by atoms with E-state index in [0.29, 0.717) is 18.8 Å². The second-order valence-electron chi connectivity index (χ2n) is 11.0. The lowest BCUT2D eigenvalue weighted by Gasteiger charge is -2.25. The van der Waals surface area contributed by atoms with E-state index in [2.05, 4.69) is 17.2 Å². The van der Waals surface area contributed by atoms with Gasteiger partial charge in [0.05, 0.1) is 24.0 Å². The summed E-state index contributed by atoms with van der Waals surface area (Å²) in [4.78, 5) is 35.6. The summed E-state index contributed by atoms with van der Waals surface area (Å²) in [5, 5.41) is 13.4. The van der Waals surface area contributed by atoms with E-state index in [1.807, 2.05) is 30.3 Å². The van der Waals surface area contributed by atoms with E-state index in [9.17, 15) is 24.3 Å². The molecule has 0 aliphatic heterocycles. The number of nitrogens with zero attached hydrogens (tertiary/aromatic N) is 1. The van der Waals surface area contributed by atoms with Crippen molar-refractivity contribution in [3.8, 4) is 5.75 Å². The van der Waals surface area contributed by atoms with Gasteiger partial charge in [-0.05, 0) is 42.7 Å². The monoisotopic (exact) mass is 590 g/mol. The highest BCUT2D eigenvalue weighted by Crippen LogP contribution is 2.35. The third kappa shape index (κ3) is 17.3. The Hall–Kier alpha value is -2.25. The van der Waals surface area contributed by atoms with Crippen molar-refractivity contribution in [2.24, 2.45) is 0 Å². The lowest BCUT2D eigenvalue weighted by Crippen LogP contribution is -2.46. The van der Waals surface area contributed by atoms with Crippen LogP contribution in [0.25, 0.3) is 0 Å². The number of pyridine rings is 1. The second-order valence-corrected chi connectivity index (χ2v) is 12.7. The van der Waals surface area contributed by atoms with Crippen molar-refractivity contribution in [2.75, 3.05) is 6.16 Å². The maximum Gasteiger partial charge on any atom is 0.328 e. The zero-order valence-electron chi connectivity index (χ0n) is 24.8. The van der Waals surface area contributed by atoms with Crippen LogP contribution in [0, 0.1) is 0 Å². The number of nitrogens with one attached hydrogen (secondary N) is 1. The maximum absolute atomic E-state index is 12.6. The van der Waals surface area contributed by atoms with Crippen LogP contribution < -0.4 is 10.1 Å². The van der Waals surface area contributed by atoms with Crippen LogP contribution in [-0.2, 0) is 22.4 Å². The fourth-order valence-electron chi connectivity index (χ4n) is 4.85. The number of aliphatic hydroxyl groups is 1. The van der Waals surface area contributed by atoms with Crippen LogP contribution in [0.3, 0.4) is 0 Å².